The van der Waals surface area contributed by atoms with E-state index in [1.165, 1.54) is 0 Å². The van der Waals surface area contributed by atoms with Gasteiger partial charge in [0.1, 0.15) is 0 Å². The summed E-state index contributed by atoms with van der Waals surface area (Å²) in [7, 11) is 6.65. The van der Waals surface area contributed by atoms with Crippen molar-refractivity contribution in [3.8, 4) is 0 Å². The van der Waals surface area contributed by atoms with E-state index in [1.807, 2.05) is 0 Å². The minimum atomic E-state index is -0.188. The van der Waals surface area contributed by atoms with Crippen molar-refractivity contribution in [3.63, 3.8) is 0 Å². The first kappa shape index (κ1) is 18.7. The molecule has 0 amide bonds. The van der Waals surface area contributed by atoms with Gasteiger partial charge in [-0.15, -0.1) is 0 Å². The van der Waals surface area contributed by atoms with Crippen LogP contribution in [0.5, 0.6) is 0 Å². The molecule has 0 rings (SSSR count). The molecule has 0 atom stereocenters. The molecule has 0 N–H and O–H groups in total. The van der Waals surface area contributed by atoms with E-state index in [4.69, 9.17) is 18.9 Å². The topological polar surface area (TPSA) is 36.9 Å². The molecule has 0 aromatic heterocycles. The van der Waals surface area contributed by atoms with Crippen molar-refractivity contribution < 1.29 is 18.9 Å². The Morgan fingerprint density at radius 2 is 0.867 bits per heavy atom. The number of hydrogen-bond acceptors (Lipinski definition) is 4. The molecule has 94 valence electrons. The zero-order chi connectivity index (χ0) is 12.2. The molecule has 0 aromatic rings. The second kappa shape index (κ2) is 13.4. The number of hydrogen-bond donors (Lipinski definition) is 0. The third kappa shape index (κ3) is 9.04. The zero-order valence-electron chi connectivity index (χ0n) is 9.72. The normalized spacial score (nSPS) is 10.8. The van der Waals surface area contributed by atoms with E-state index >= 15 is 0 Å². The summed E-state index contributed by atoms with van der Waals surface area (Å²) in [5.41, 5.74) is -0.188. The van der Waals surface area contributed by atoms with Gasteiger partial charge in [-0.05, 0) is 0 Å². The number of halogens is 2. The third-order valence-corrected chi connectivity index (χ3v) is 1.80. The van der Waals surface area contributed by atoms with Crippen LogP contribution in [0, 0.1) is 5.41 Å². The summed E-state index contributed by atoms with van der Waals surface area (Å²) >= 11 is 4.24. The zero-order valence-corrected chi connectivity index (χ0v) is 14.0. The summed E-state index contributed by atoms with van der Waals surface area (Å²) in [5.74, 6) is 0. The molecular formula is C9H20I2O4. The van der Waals surface area contributed by atoms with Gasteiger partial charge in [0.15, 0.2) is 0 Å². The maximum Gasteiger partial charge on any atom is 0.0637 e. The van der Waals surface area contributed by atoms with Gasteiger partial charge in [-0.25, -0.2) is 0 Å². The maximum absolute atomic E-state index is 5.12. The summed E-state index contributed by atoms with van der Waals surface area (Å²) < 4.78 is 20.5. The van der Waals surface area contributed by atoms with Crippen LogP contribution < -0.4 is 0 Å². The Morgan fingerprint density at radius 1 is 0.667 bits per heavy atom. The molecule has 0 bridgehead atoms. The monoisotopic (exact) mass is 446 g/mol. The molecule has 0 aromatic carbocycles. The van der Waals surface area contributed by atoms with Crippen molar-refractivity contribution in [1.29, 1.82) is 0 Å². The maximum atomic E-state index is 5.12. The SMILES string of the molecule is COCC(COC)(COC)COC.II. The van der Waals surface area contributed by atoms with Crippen molar-refractivity contribution in [1.82, 2.24) is 0 Å². The first-order valence-electron chi connectivity index (χ1n) is 4.34. The Kier molecular flexibility index (Phi) is 16.6. The standard InChI is InChI=1S/C9H20O4.I2/c1-10-5-9(6-11-2,7-12-3)8-13-4;1-2/h5-8H2,1-4H3;. The van der Waals surface area contributed by atoms with Gasteiger partial charge in [-0.2, -0.15) is 0 Å². The van der Waals surface area contributed by atoms with Gasteiger partial charge in [0.05, 0.1) is 31.8 Å². The summed E-state index contributed by atoms with van der Waals surface area (Å²) in [6, 6.07) is 0. The van der Waals surface area contributed by atoms with Crippen LogP contribution >= 0.6 is 37.2 Å². The van der Waals surface area contributed by atoms with Crippen LogP contribution in [0.15, 0.2) is 0 Å². The first-order chi connectivity index (χ1) is 7.24. The van der Waals surface area contributed by atoms with Crippen molar-refractivity contribution in [2.45, 2.75) is 0 Å². The second-order valence-corrected chi connectivity index (χ2v) is 3.23. The van der Waals surface area contributed by atoms with E-state index in [1.54, 1.807) is 28.4 Å². The average Bonchev–Trinajstić information content (AvgIpc) is 2.22. The molecule has 0 aliphatic rings. The lowest BCUT2D eigenvalue weighted by Crippen LogP contribution is -2.40. The Labute approximate surface area is 116 Å². The van der Waals surface area contributed by atoms with Gasteiger partial charge in [0.2, 0.25) is 0 Å². The fourth-order valence-corrected chi connectivity index (χ4v) is 1.47. The lowest BCUT2D eigenvalue weighted by Gasteiger charge is -2.30. The van der Waals surface area contributed by atoms with Gasteiger partial charge in [0, 0.05) is 65.7 Å². The van der Waals surface area contributed by atoms with Gasteiger partial charge in [0.25, 0.3) is 0 Å². The van der Waals surface area contributed by atoms with Crippen LogP contribution in [0.2, 0.25) is 0 Å². The Balaban J connectivity index is 0. The molecular weight excluding hydrogens is 426 g/mol. The second-order valence-electron chi connectivity index (χ2n) is 3.23. The van der Waals surface area contributed by atoms with E-state index in [9.17, 15) is 0 Å². The summed E-state index contributed by atoms with van der Waals surface area (Å²) in [6.07, 6.45) is 0. The molecule has 0 aliphatic carbocycles. The van der Waals surface area contributed by atoms with Crippen LogP contribution in [0.3, 0.4) is 0 Å². The highest BCUT2D eigenvalue weighted by Gasteiger charge is 2.30. The van der Waals surface area contributed by atoms with Gasteiger partial charge < -0.3 is 18.9 Å². The number of rotatable bonds is 8. The molecule has 0 unspecified atom stereocenters. The van der Waals surface area contributed by atoms with Gasteiger partial charge in [-0.1, -0.05) is 0 Å². The molecule has 6 heteroatoms. The molecule has 4 nitrogen and oxygen atoms in total. The van der Waals surface area contributed by atoms with Crippen LogP contribution in [0.1, 0.15) is 0 Å². The van der Waals surface area contributed by atoms with Gasteiger partial charge >= 0.3 is 0 Å². The van der Waals surface area contributed by atoms with E-state index < -0.39 is 0 Å². The highest BCUT2D eigenvalue weighted by atomic mass is 128. The molecule has 0 saturated heterocycles. The number of methoxy groups -OCH3 is 4. The fourth-order valence-electron chi connectivity index (χ4n) is 1.47. The van der Waals surface area contributed by atoms with Crippen LogP contribution in [-0.2, 0) is 18.9 Å². The summed E-state index contributed by atoms with van der Waals surface area (Å²) in [4.78, 5) is 0. The minimum absolute atomic E-state index is 0.188. The Bertz CT molecular complexity index is 95.2. The highest BCUT2D eigenvalue weighted by Crippen LogP contribution is 2.19. The largest absolute Gasteiger partial charge is 0.384 e. The molecule has 0 heterocycles. The highest BCUT2D eigenvalue weighted by molar-refractivity contribution is 15.0. The van der Waals surface area contributed by atoms with Crippen molar-refractivity contribution >= 4 is 37.2 Å². The van der Waals surface area contributed by atoms with E-state index in [-0.39, 0.29) is 5.41 Å². The van der Waals surface area contributed by atoms with Crippen molar-refractivity contribution in [3.05, 3.63) is 0 Å². The molecule has 0 radical (unpaired) electrons. The molecule has 0 spiro atoms. The predicted molar refractivity (Wildman–Crippen MR) is 78.0 cm³/mol. The quantitative estimate of drug-likeness (QED) is 0.537. The van der Waals surface area contributed by atoms with Crippen LogP contribution in [0.4, 0.5) is 0 Å². The number of ether oxygens (including phenoxy) is 4. The Morgan fingerprint density at radius 3 is 1.00 bits per heavy atom. The van der Waals surface area contributed by atoms with Gasteiger partial charge in [-0.3, -0.25) is 0 Å². The summed E-state index contributed by atoms with van der Waals surface area (Å²) in [6.45, 7) is 2.29. The molecule has 15 heavy (non-hydrogen) atoms. The van der Waals surface area contributed by atoms with Crippen molar-refractivity contribution in [2.75, 3.05) is 54.9 Å². The molecule has 0 aliphatic heterocycles. The molecule has 0 saturated carbocycles. The van der Waals surface area contributed by atoms with E-state index in [0.29, 0.717) is 26.4 Å². The molecule has 0 fully saturated rings. The smallest absolute Gasteiger partial charge is 0.0637 e. The minimum Gasteiger partial charge on any atom is -0.384 e. The fraction of sp³-hybridized carbons (Fsp3) is 1.00. The third-order valence-electron chi connectivity index (χ3n) is 1.80. The van der Waals surface area contributed by atoms with E-state index in [0.717, 1.165) is 0 Å². The average molecular weight is 446 g/mol. The Hall–Kier alpha value is 1.30. The van der Waals surface area contributed by atoms with Crippen LogP contribution in [-0.4, -0.2) is 54.9 Å². The first-order valence-corrected chi connectivity index (χ1v) is 10.6. The van der Waals surface area contributed by atoms with Crippen molar-refractivity contribution in [2.24, 2.45) is 5.41 Å². The lowest BCUT2D eigenvalue weighted by atomic mass is 9.92. The van der Waals surface area contributed by atoms with Crippen LogP contribution in [0.25, 0.3) is 0 Å². The predicted octanol–water partition coefficient (Wildman–Crippen LogP) is 2.33. The lowest BCUT2D eigenvalue weighted by molar-refractivity contribution is -0.0760. The summed E-state index contributed by atoms with van der Waals surface area (Å²) in [5, 5.41) is 0. The van der Waals surface area contributed by atoms with E-state index in [2.05, 4.69) is 37.2 Å².